The summed E-state index contributed by atoms with van der Waals surface area (Å²) in [6.07, 6.45) is -5.08. The van der Waals surface area contributed by atoms with Crippen molar-refractivity contribution in [3.8, 4) is 11.4 Å². The zero-order valence-corrected chi connectivity index (χ0v) is 17.8. The van der Waals surface area contributed by atoms with Crippen molar-refractivity contribution >= 4 is 23.2 Å². The highest BCUT2D eigenvalue weighted by Crippen LogP contribution is 2.39. The van der Waals surface area contributed by atoms with Gasteiger partial charge in [-0.05, 0) is 18.2 Å². The molecule has 0 unspecified atom stereocenters. The van der Waals surface area contributed by atoms with Gasteiger partial charge in [0.05, 0.1) is 17.7 Å². The fourth-order valence-electron chi connectivity index (χ4n) is 3.08. The first kappa shape index (κ1) is 24.9. The first-order valence-corrected chi connectivity index (χ1v) is 9.38. The van der Waals surface area contributed by atoms with Gasteiger partial charge in [-0.1, -0.05) is 11.6 Å². The van der Waals surface area contributed by atoms with Crippen LogP contribution in [-0.2, 0) is 13.2 Å². The van der Waals surface area contributed by atoms with Crippen LogP contribution in [0.15, 0.2) is 39.9 Å². The second kappa shape index (κ2) is 8.89. The van der Waals surface area contributed by atoms with Crippen LogP contribution in [0.5, 0.6) is 5.75 Å². The summed E-state index contributed by atoms with van der Waals surface area (Å²) in [4.78, 5) is 37.8. The molecule has 0 fully saturated rings. The van der Waals surface area contributed by atoms with Crippen molar-refractivity contribution in [2.75, 3.05) is 12.4 Å². The maximum absolute atomic E-state index is 15.0. The lowest BCUT2D eigenvalue weighted by atomic mass is 10.1. The van der Waals surface area contributed by atoms with Crippen molar-refractivity contribution < 1.29 is 35.9 Å². The lowest BCUT2D eigenvalue weighted by Crippen LogP contribution is -2.41. The molecule has 0 saturated heterocycles. The van der Waals surface area contributed by atoms with E-state index in [1.165, 1.54) is 0 Å². The van der Waals surface area contributed by atoms with Gasteiger partial charge < -0.3 is 10.1 Å². The number of benzene rings is 2. The van der Waals surface area contributed by atoms with Crippen molar-refractivity contribution in [2.24, 2.45) is 7.05 Å². The summed E-state index contributed by atoms with van der Waals surface area (Å²) in [6.45, 7) is 0. The maximum atomic E-state index is 15.0. The third-order valence-corrected chi connectivity index (χ3v) is 4.89. The van der Waals surface area contributed by atoms with E-state index in [4.69, 9.17) is 16.3 Å². The van der Waals surface area contributed by atoms with Crippen LogP contribution in [-0.4, -0.2) is 22.2 Å². The Morgan fingerprint density at radius 1 is 1.06 bits per heavy atom. The molecule has 7 nitrogen and oxygen atoms in total. The Hall–Kier alpha value is -3.74. The monoisotopic (exact) mass is 507 g/mol. The minimum atomic E-state index is -5.08. The second-order valence-corrected chi connectivity index (χ2v) is 7.13. The summed E-state index contributed by atoms with van der Waals surface area (Å²) < 4.78 is 86.8. The summed E-state index contributed by atoms with van der Waals surface area (Å²) in [5.41, 5.74) is -7.33. The molecule has 3 rings (SSSR count). The Kier molecular flexibility index (Phi) is 6.51. The van der Waals surface area contributed by atoms with Crippen LogP contribution in [0.3, 0.4) is 0 Å². The minimum Gasteiger partial charge on any atom is -0.493 e. The molecule has 0 bridgehead atoms. The van der Waals surface area contributed by atoms with Gasteiger partial charge in [0.25, 0.3) is 11.5 Å². The van der Waals surface area contributed by atoms with Gasteiger partial charge in [0.1, 0.15) is 28.7 Å². The summed E-state index contributed by atoms with van der Waals surface area (Å²) in [7, 11) is 1.71. The van der Waals surface area contributed by atoms with E-state index in [9.17, 15) is 40.7 Å². The zero-order chi connectivity index (χ0) is 25.5. The number of carbonyl (C=O) groups is 1. The van der Waals surface area contributed by atoms with E-state index in [1.807, 2.05) is 5.32 Å². The predicted molar refractivity (Wildman–Crippen MR) is 108 cm³/mol. The minimum absolute atomic E-state index is 0.0139. The summed E-state index contributed by atoms with van der Waals surface area (Å²) in [6, 6.07) is 2.55. The summed E-state index contributed by atoms with van der Waals surface area (Å²) in [5.74, 6) is -5.50. The van der Waals surface area contributed by atoms with Crippen LogP contribution >= 0.6 is 11.6 Å². The number of hydrogen-bond donors (Lipinski definition) is 1. The molecule has 0 aliphatic carbocycles. The number of anilines is 1. The molecule has 34 heavy (non-hydrogen) atoms. The zero-order valence-electron chi connectivity index (χ0n) is 17.1. The van der Waals surface area contributed by atoms with Crippen molar-refractivity contribution in [1.82, 2.24) is 9.13 Å². The molecule has 0 saturated carbocycles. The lowest BCUT2D eigenvalue weighted by molar-refractivity contribution is -0.144. The number of rotatable bonds is 4. The van der Waals surface area contributed by atoms with Crippen LogP contribution in [0.2, 0.25) is 5.02 Å². The average molecular weight is 508 g/mol. The number of nitrogens with zero attached hydrogens (tertiary/aromatic N) is 2. The number of aromatic nitrogens is 2. The number of hydrogen-bond acceptors (Lipinski definition) is 4. The number of alkyl halides is 3. The highest BCUT2D eigenvalue weighted by Gasteiger charge is 2.36. The number of carbonyl (C=O) groups excluding carboxylic acids is 1. The van der Waals surface area contributed by atoms with Crippen molar-refractivity contribution in [1.29, 1.82) is 0 Å². The molecule has 1 N–H and O–H groups in total. The topological polar surface area (TPSA) is 82.3 Å². The van der Waals surface area contributed by atoms with E-state index in [0.717, 1.165) is 19.2 Å². The first-order valence-electron chi connectivity index (χ1n) is 9.01. The Balaban J connectivity index is 2.32. The third-order valence-electron chi connectivity index (χ3n) is 4.61. The van der Waals surface area contributed by atoms with Crippen molar-refractivity contribution in [3.63, 3.8) is 0 Å². The quantitative estimate of drug-likeness (QED) is 0.543. The third kappa shape index (κ3) is 4.38. The van der Waals surface area contributed by atoms with E-state index in [0.29, 0.717) is 19.2 Å². The fraction of sp³-hybridized carbons (Fsp3) is 0.150. The van der Waals surface area contributed by atoms with Gasteiger partial charge in [0.15, 0.2) is 11.6 Å². The Bertz CT molecular complexity index is 1430. The van der Waals surface area contributed by atoms with Gasteiger partial charge in [-0.15, -0.1) is 0 Å². The molecule has 0 atom stereocenters. The number of amides is 1. The Morgan fingerprint density at radius 3 is 2.26 bits per heavy atom. The molecule has 0 radical (unpaired) electrons. The van der Waals surface area contributed by atoms with Gasteiger partial charge in [0, 0.05) is 19.2 Å². The van der Waals surface area contributed by atoms with Crippen LogP contribution in [0, 0.1) is 17.5 Å². The fourth-order valence-corrected chi connectivity index (χ4v) is 3.35. The molecule has 0 spiro atoms. The predicted octanol–water partition coefficient (Wildman–Crippen LogP) is 3.89. The number of halogens is 7. The van der Waals surface area contributed by atoms with E-state index >= 15 is 0 Å². The van der Waals surface area contributed by atoms with Crippen LogP contribution in [0.25, 0.3) is 5.69 Å². The first-order chi connectivity index (χ1) is 15.8. The molecular weight excluding hydrogens is 496 g/mol. The van der Waals surface area contributed by atoms with Crippen LogP contribution in [0.1, 0.15) is 16.1 Å². The molecule has 1 aromatic heterocycles. The molecular formula is C20H12ClF6N3O4. The van der Waals surface area contributed by atoms with Crippen molar-refractivity contribution in [3.05, 3.63) is 84.9 Å². The van der Waals surface area contributed by atoms with Crippen LogP contribution < -0.4 is 21.3 Å². The Morgan fingerprint density at radius 2 is 1.71 bits per heavy atom. The molecule has 1 heterocycles. The van der Waals surface area contributed by atoms with Crippen molar-refractivity contribution in [2.45, 2.75) is 6.18 Å². The molecule has 3 aromatic rings. The summed E-state index contributed by atoms with van der Waals surface area (Å²) >= 11 is 5.91. The molecule has 1 amide bonds. The molecule has 14 heteroatoms. The smallest absolute Gasteiger partial charge is 0.431 e. The van der Waals surface area contributed by atoms with Gasteiger partial charge in [-0.2, -0.15) is 13.2 Å². The van der Waals surface area contributed by atoms with Gasteiger partial charge in [-0.3, -0.25) is 14.2 Å². The molecule has 0 aliphatic rings. The number of nitrogens with one attached hydrogen (secondary N) is 1. The van der Waals surface area contributed by atoms with E-state index in [2.05, 4.69) is 0 Å². The second-order valence-electron chi connectivity index (χ2n) is 6.72. The van der Waals surface area contributed by atoms with E-state index in [1.54, 1.807) is 0 Å². The SMILES string of the molecule is COc1c(Cl)cc(F)c(-n2c(=O)cc(C(F)(F)F)n(C)c2=O)c1NC(=O)c1ccc(F)cc1F. The van der Waals surface area contributed by atoms with E-state index < -0.39 is 74.2 Å². The largest absolute Gasteiger partial charge is 0.493 e. The highest BCUT2D eigenvalue weighted by atomic mass is 35.5. The highest BCUT2D eigenvalue weighted by molar-refractivity contribution is 6.33. The number of methoxy groups -OCH3 is 1. The Labute approximate surface area is 190 Å². The molecule has 2 aromatic carbocycles. The van der Waals surface area contributed by atoms with Gasteiger partial charge >= 0.3 is 11.9 Å². The van der Waals surface area contributed by atoms with Gasteiger partial charge in [-0.25, -0.2) is 22.5 Å². The lowest BCUT2D eigenvalue weighted by Gasteiger charge is -2.19. The van der Waals surface area contributed by atoms with Gasteiger partial charge in [0.2, 0.25) is 0 Å². The molecule has 0 aliphatic heterocycles. The standard InChI is InChI=1S/C20H12ClF6N3O4/c1-29-13(20(25,26)27)7-14(31)30(19(29)33)16-12(24)6-10(21)17(34-2)15(16)28-18(32)9-4-3-8(22)5-11(9)23/h3-7H,1-2H3,(H,28,32). The average Bonchev–Trinajstić information content (AvgIpc) is 2.71. The van der Waals surface area contributed by atoms with Crippen LogP contribution in [0.4, 0.5) is 32.0 Å². The van der Waals surface area contributed by atoms with E-state index in [-0.39, 0.29) is 15.2 Å². The summed E-state index contributed by atoms with van der Waals surface area (Å²) in [5, 5.41) is 1.56. The normalized spacial score (nSPS) is 11.4. The molecule has 180 valence electrons. The number of ether oxygens (including phenoxy) is 1. The maximum Gasteiger partial charge on any atom is 0.431 e.